The average molecular weight is 423 g/mol. The molecule has 1 heterocycles. The maximum Gasteiger partial charge on any atom is 0.238 e. The van der Waals surface area contributed by atoms with Crippen LogP contribution in [0, 0.1) is 13.8 Å². The van der Waals surface area contributed by atoms with E-state index in [1.54, 1.807) is 0 Å². The smallest absolute Gasteiger partial charge is 0.238 e. The highest BCUT2D eigenvalue weighted by Gasteiger charge is 2.21. The number of hydrogen-bond acceptors (Lipinski definition) is 5. The lowest BCUT2D eigenvalue weighted by Gasteiger charge is -2.22. The Morgan fingerprint density at radius 3 is 2.46 bits per heavy atom. The van der Waals surface area contributed by atoms with Gasteiger partial charge in [0.1, 0.15) is 4.32 Å². The van der Waals surface area contributed by atoms with Crippen LogP contribution in [0.15, 0.2) is 18.2 Å². The summed E-state index contributed by atoms with van der Waals surface area (Å²) < 4.78 is 0.716. The molecule has 154 valence electrons. The van der Waals surface area contributed by atoms with Gasteiger partial charge in [0.2, 0.25) is 11.8 Å². The summed E-state index contributed by atoms with van der Waals surface area (Å²) in [6, 6.07) is 5.99. The standard InChI is InChI=1S/C20H30N4O2S2/c1-15-7-5-8-16(2)19(15)21-17(25)13-23-9-6-10-24(12-11-23)18(26)14-28-20(27)22(3)4/h5,7-8H,6,9-14H2,1-4H3,(H,21,25). The van der Waals surface area contributed by atoms with Crippen LogP contribution in [0.4, 0.5) is 5.69 Å². The van der Waals surface area contributed by atoms with Crippen molar-refractivity contribution in [3.05, 3.63) is 29.3 Å². The largest absolute Gasteiger partial charge is 0.364 e. The Balaban J connectivity index is 1.82. The molecular formula is C20H30N4O2S2. The fourth-order valence-corrected chi connectivity index (χ4v) is 3.98. The van der Waals surface area contributed by atoms with Gasteiger partial charge in [-0.15, -0.1) is 0 Å². The Labute approximate surface area is 177 Å². The molecule has 1 aromatic rings. The first kappa shape index (κ1) is 22.6. The number of nitrogens with one attached hydrogen (secondary N) is 1. The van der Waals surface area contributed by atoms with Crippen LogP contribution >= 0.6 is 24.0 Å². The summed E-state index contributed by atoms with van der Waals surface area (Å²) in [5.74, 6) is 0.462. The van der Waals surface area contributed by atoms with Crippen LogP contribution in [0.2, 0.25) is 0 Å². The number of aryl methyl sites for hydroxylation is 2. The minimum atomic E-state index is -0.0101. The first-order valence-electron chi connectivity index (χ1n) is 9.48. The van der Waals surface area contributed by atoms with Crippen molar-refractivity contribution in [2.45, 2.75) is 20.3 Å². The number of nitrogens with zero attached hydrogens (tertiary/aromatic N) is 3. The summed E-state index contributed by atoms with van der Waals surface area (Å²) >= 11 is 6.62. The Hall–Kier alpha value is -1.64. The molecule has 0 aliphatic carbocycles. The van der Waals surface area contributed by atoms with Gasteiger partial charge in [-0.3, -0.25) is 14.5 Å². The van der Waals surface area contributed by atoms with Crippen molar-refractivity contribution < 1.29 is 9.59 Å². The minimum Gasteiger partial charge on any atom is -0.364 e. The number of hydrogen-bond donors (Lipinski definition) is 1. The maximum atomic E-state index is 12.5. The lowest BCUT2D eigenvalue weighted by Crippen LogP contribution is -2.38. The van der Waals surface area contributed by atoms with Gasteiger partial charge in [-0.1, -0.05) is 42.2 Å². The van der Waals surface area contributed by atoms with Crippen LogP contribution in [-0.2, 0) is 9.59 Å². The van der Waals surface area contributed by atoms with Gasteiger partial charge in [0.05, 0.1) is 12.3 Å². The predicted molar refractivity (Wildman–Crippen MR) is 121 cm³/mol. The number of anilines is 1. The monoisotopic (exact) mass is 422 g/mol. The van der Waals surface area contributed by atoms with E-state index in [2.05, 4.69) is 10.2 Å². The molecule has 1 aliphatic rings. The predicted octanol–water partition coefficient (Wildman–Crippen LogP) is 2.36. The molecule has 0 unspecified atom stereocenters. The Kier molecular flexibility index (Phi) is 8.72. The van der Waals surface area contributed by atoms with Crippen molar-refractivity contribution >= 4 is 45.8 Å². The van der Waals surface area contributed by atoms with E-state index in [-0.39, 0.29) is 11.8 Å². The number of para-hydroxylation sites is 1. The number of carbonyl (C=O) groups excluding carboxylic acids is 2. The summed E-state index contributed by atoms with van der Waals surface area (Å²) in [5, 5.41) is 3.04. The van der Waals surface area contributed by atoms with Crippen molar-refractivity contribution in [3.8, 4) is 0 Å². The van der Waals surface area contributed by atoms with Crippen LogP contribution < -0.4 is 5.32 Å². The zero-order chi connectivity index (χ0) is 20.7. The molecule has 0 radical (unpaired) electrons. The quantitative estimate of drug-likeness (QED) is 0.735. The van der Waals surface area contributed by atoms with E-state index < -0.39 is 0 Å². The van der Waals surface area contributed by atoms with Crippen molar-refractivity contribution in [3.63, 3.8) is 0 Å². The number of thioether (sulfide) groups is 1. The fraction of sp³-hybridized carbons (Fsp3) is 0.550. The van der Waals surface area contributed by atoms with E-state index in [1.807, 2.05) is 55.9 Å². The molecule has 1 N–H and O–H groups in total. The SMILES string of the molecule is Cc1cccc(C)c1NC(=O)CN1CCCN(C(=O)CSC(=S)N(C)C)CC1. The second-order valence-corrected chi connectivity index (χ2v) is 8.88. The van der Waals surface area contributed by atoms with Crippen LogP contribution in [0.5, 0.6) is 0 Å². The van der Waals surface area contributed by atoms with Crippen LogP contribution in [-0.4, -0.2) is 83.4 Å². The summed E-state index contributed by atoms with van der Waals surface area (Å²) in [4.78, 5) is 30.8. The van der Waals surface area contributed by atoms with Gasteiger partial charge in [0.15, 0.2) is 0 Å². The number of rotatable bonds is 5. The third kappa shape index (κ3) is 6.76. The maximum absolute atomic E-state index is 12.5. The minimum absolute atomic E-state index is 0.0101. The van der Waals surface area contributed by atoms with Crippen molar-refractivity contribution in [2.24, 2.45) is 0 Å². The van der Waals surface area contributed by atoms with Crippen molar-refractivity contribution in [1.29, 1.82) is 0 Å². The van der Waals surface area contributed by atoms with E-state index >= 15 is 0 Å². The van der Waals surface area contributed by atoms with E-state index in [1.165, 1.54) is 11.8 Å². The van der Waals surface area contributed by atoms with Gasteiger partial charge in [-0.2, -0.15) is 0 Å². The highest BCUT2D eigenvalue weighted by atomic mass is 32.2. The topological polar surface area (TPSA) is 55.9 Å². The molecule has 1 aromatic carbocycles. The second kappa shape index (κ2) is 10.8. The third-order valence-corrected chi connectivity index (χ3v) is 6.46. The Morgan fingerprint density at radius 1 is 1.14 bits per heavy atom. The molecule has 0 aromatic heterocycles. The Morgan fingerprint density at radius 2 is 1.82 bits per heavy atom. The molecular weight excluding hydrogens is 392 g/mol. The highest BCUT2D eigenvalue weighted by molar-refractivity contribution is 8.23. The second-order valence-electron chi connectivity index (χ2n) is 7.27. The average Bonchev–Trinajstić information content (AvgIpc) is 2.88. The van der Waals surface area contributed by atoms with Gasteiger partial charge in [-0.25, -0.2) is 0 Å². The highest BCUT2D eigenvalue weighted by Crippen LogP contribution is 2.19. The number of carbonyl (C=O) groups is 2. The molecule has 28 heavy (non-hydrogen) atoms. The fourth-order valence-electron chi connectivity index (χ4n) is 3.12. The van der Waals surface area contributed by atoms with Crippen LogP contribution in [0.25, 0.3) is 0 Å². The molecule has 0 spiro atoms. The van der Waals surface area contributed by atoms with Gasteiger partial charge in [0, 0.05) is 46.0 Å². The molecule has 0 atom stereocenters. The van der Waals surface area contributed by atoms with Crippen molar-refractivity contribution in [1.82, 2.24) is 14.7 Å². The van der Waals surface area contributed by atoms with Gasteiger partial charge >= 0.3 is 0 Å². The molecule has 0 saturated carbocycles. The summed E-state index contributed by atoms with van der Waals surface area (Å²) in [6.45, 7) is 7.22. The molecule has 8 heteroatoms. The van der Waals surface area contributed by atoms with Crippen LogP contribution in [0.1, 0.15) is 17.5 Å². The summed E-state index contributed by atoms with van der Waals surface area (Å²) in [6.07, 6.45) is 0.866. The normalized spacial score (nSPS) is 15.1. The molecule has 2 amide bonds. The number of amides is 2. The molecule has 1 aliphatic heterocycles. The lowest BCUT2D eigenvalue weighted by atomic mass is 10.1. The lowest BCUT2D eigenvalue weighted by molar-refractivity contribution is -0.128. The van der Waals surface area contributed by atoms with E-state index in [0.717, 1.165) is 36.3 Å². The van der Waals surface area contributed by atoms with Gasteiger partial charge in [-0.05, 0) is 31.4 Å². The summed E-state index contributed by atoms with van der Waals surface area (Å²) in [5.41, 5.74) is 3.02. The van der Waals surface area contributed by atoms with E-state index in [0.29, 0.717) is 29.7 Å². The zero-order valence-corrected chi connectivity index (χ0v) is 18.8. The summed E-state index contributed by atoms with van der Waals surface area (Å²) in [7, 11) is 3.76. The first-order chi connectivity index (χ1) is 13.3. The van der Waals surface area contributed by atoms with E-state index in [4.69, 9.17) is 12.2 Å². The molecule has 0 bridgehead atoms. The van der Waals surface area contributed by atoms with Crippen molar-refractivity contribution in [2.75, 3.05) is 57.9 Å². The molecule has 2 rings (SSSR count). The zero-order valence-electron chi connectivity index (χ0n) is 17.2. The van der Waals surface area contributed by atoms with Crippen LogP contribution in [0.3, 0.4) is 0 Å². The number of benzene rings is 1. The molecule has 6 nitrogen and oxygen atoms in total. The van der Waals surface area contributed by atoms with E-state index in [9.17, 15) is 9.59 Å². The Bertz CT molecular complexity index is 704. The third-order valence-electron chi connectivity index (χ3n) is 4.74. The first-order valence-corrected chi connectivity index (χ1v) is 10.9. The van der Waals surface area contributed by atoms with Gasteiger partial charge < -0.3 is 15.1 Å². The molecule has 1 fully saturated rings. The molecule has 1 saturated heterocycles. The number of thiocarbonyl (C=S) groups is 1. The van der Waals surface area contributed by atoms with Gasteiger partial charge in [0.25, 0.3) is 0 Å².